The summed E-state index contributed by atoms with van der Waals surface area (Å²) in [5.41, 5.74) is 5.54. The monoisotopic (exact) mass is 315 g/mol. The SMILES string of the molecule is Nc1c(F)cc(F)cc1Sc1ccccc1Br. The van der Waals surface area contributed by atoms with E-state index in [1.165, 1.54) is 17.8 Å². The van der Waals surface area contributed by atoms with Crippen molar-refractivity contribution in [3.63, 3.8) is 0 Å². The molecule has 2 N–H and O–H groups in total. The lowest BCUT2D eigenvalue weighted by Crippen LogP contribution is -1.95. The minimum Gasteiger partial charge on any atom is -0.395 e. The summed E-state index contributed by atoms with van der Waals surface area (Å²) in [5.74, 6) is -1.37. The molecule has 88 valence electrons. The molecule has 0 saturated carbocycles. The highest BCUT2D eigenvalue weighted by Crippen LogP contribution is 2.37. The lowest BCUT2D eigenvalue weighted by Gasteiger charge is -2.08. The van der Waals surface area contributed by atoms with Gasteiger partial charge in [-0.25, -0.2) is 8.78 Å². The fourth-order valence-electron chi connectivity index (χ4n) is 1.29. The highest BCUT2D eigenvalue weighted by molar-refractivity contribution is 9.10. The van der Waals surface area contributed by atoms with Crippen LogP contribution in [-0.4, -0.2) is 0 Å². The number of halogens is 3. The molecule has 0 saturated heterocycles. The molecule has 0 aliphatic heterocycles. The Bertz CT molecular complexity index is 560. The zero-order chi connectivity index (χ0) is 12.4. The van der Waals surface area contributed by atoms with Crippen LogP contribution in [0.2, 0.25) is 0 Å². The van der Waals surface area contributed by atoms with Crippen molar-refractivity contribution in [2.75, 3.05) is 5.73 Å². The second-order valence-corrected chi connectivity index (χ2v) is 5.27. The second kappa shape index (κ2) is 5.06. The number of nitrogens with two attached hydrogens (primary N) is 1. The van der Waals surface area contributed by atoms with Gasteiger partial charge in [-0.1, -0.05) is 23.9 Å². The second-order valence-electron chi connectivity index (χ2n) is 3.33. The van der Waals surface area contributed by atoms with E-state index < -0.39 is 11.6 Å². The quantitative estimate of drug-likeness (QED) is 0.828. The van der Waals surface area contributed by atoms with Crippen LogP contribution in [0.15, 0.2) is 50.7 Å². The molecular weight excluding hydrogens is 308 g/mol. The van der Waals surface area contributed by atoms with E-state index in [0.717, 1.165) is 15.4 Å². The van der Waals surface area contributed by atoms with E-state index in [-0.39, 0.29) is 5.69 Å². The number of rotatable bonds is 2. The molecule has 2 aromatic rings. The average Bonchev–Trinajstić information content (AvgIpc) is 2.28. The van der Waals surface area contributed by atoms with Gasteiger partial charge < -0.3 is 5.73 Å². The Morgan fingerprint density at radius 3 is 2.47 bits per heavy atom. The highest BCUT2D eigenvalue weighted by Gasteiger charge is 2.10. The van der Waals surface area contributed by atoms with Crippen LogP contribution in [-0.2, 0) is 0 Å². The van der Waals surface area contributed by atoms with Crippen molar-refractivity contribution in [2.24, 2.45) is 0 Å². The van der Waals surface area contributed by atoms with Crippen molar-refractivity contribution in [3.05, 3.63) is 52.5 Å². The Morgan fingerprint density at radius 1 is 1.06 bits per heavy atom. The first-order valence-corrected chi connectivity index (χ1v) is 6.36. The zero-order valence-corrected chi connectivity index (χ0v) is 11.0. The van der Waals surface area contributed by atoms with Gasteiger partial charge in [-0.3, -0.25) is 0 Å². The van der Waals surface area contributed by atoms with Crippen molar-refractivity contribution in [3.8, 4) is 0 Å². The van der Waals surface area contributed by atoms with Crippen LogP contribution in [0, 0.1) is 11.6 Å². The molecule has 0 amide bonds. The predicted octanol–water partition coefficient (Wildman–Crippen LogP) is 4.46. The maximum atomic E-state index is 13.3. The number of anilines is 1. The summed E-state index contributed by atoms with van der Waals surface area (Å²) < 4.78 is 27.2. The Hall–Kier alpha value is -1.07. The van der Waals surface area contributed by atoms with E-state index in [2.05, 4.69) is 15.9 Å². The van der Waals surface area contributed by atoms with E-state index in [0.29, 0.717) is 4.90 Å². The summed E-state index contributed by atoms with van der Waals surface area (Å²) in [6.07, 6.45) is 0. The van der Waals surface area contributed by atoms with Gasteiger partial charge in [-0.05, 0) is 34.1 Å². The fourth-order valence-corrected chi connectivity index (χ4v) is 2.75. The van der Waals surface area contributed by atoms with Crippen LogP contribution >= 0.6 is 27.7 Å². The molecule has 0 radical (unpaired) electrons. The summed E-state index contributed by atoms with van der Waals surface area (Å²) in [6.45, 7) is 0. The maximum Gasteiger partial charge on any atom is 0.150 e. The Kier molecular flexibility index (Phi) is 3.69. The standard InChI is InChI=1S/C12H8BrF2NS/c13-8-3-1-2-4-10(8)17-11-6-7(14)5-9(15)12(11)16/h1-6H,16H2. The third-order valence-electron chi connectivity index (χ3n) is 2.11. The first-order chi connectivity index (χ1) is 8.08. The van der Waals surface area contributed by atoms with E-state index in [4.69, 9.17) is 5.73 Å². The van der Waals surface area contributed by atoms with Crippen molar-refractivity contribution >= 4 is 33.4 Å². The lowest BCUT2D eigenvalue weighted by atomic mass is 10.3. The van der Waals surface area contributed by atoms with Gasteiger partial charge >= 0.3 is 0 Å². The molecule has 0 fully saturated rings. The van der Waals surface area contributed by atoms with E-state index in [1.54, 1.807) is 0 Å². The summed E-state index contributed by atoms with van der Waals surface area (Å²) in [4.78, 5) is 1.22. The van der Waals surface area contributed by atoms with Crippen molar-refractivity contribution in [1.82, 2.24) is 0 Å². The summed E-state index contributed by atoms with van der Waals surface area (Å²) >= 11 is 4.58. The molecule has 0 heterocycles. The molecule has 0 aromatic heterocycles. The van der Waals surface area contributed by atoms with Crippen LogP contribution in [0.25, 0.3) is 0 Å². The molecule has 2 rings (SSSR count). The Balaban J connectivity index is 2.40. The van der Waals surface area contributed by atoms with Crippen LogP contribution in [0.5, 0.6) is 0 Å². The first-order valence-electron chi connectivity index (χ1n) is 4.75. The lowest BCUT2D eigenvalue weighted by molar-refractivity contribution is 0.581. The molecule has 0 aliphatic carbocycles. The summed E-state index contributed by atoms with van der Waals surface area (Å²) in [6, 6.07) is 9.41. The number of hydrogen-bond acceptors (Lipinski definition) is 2. The molecule has 0 spiro atoms. The van der Waals surface area contributed by atoms with Crippen molar-refractivity contribution in [2.45, 2.75) is 9.79 Å². The molecule has 1 nitrogen and oxygen atoms in total. The molecule has 0 unspecified atom stereocenters. The first kappa shape index (κ1) is 12.4. The van der Waals surface area contributed by atoms with Gasteiger partial charge in [0.25, 0.3) is 0 Å². The van der Waals surface area contributed by atoms with Gasteiger partial charge in [0.05, 0.1) is 5.69 Å². The van der Waals surface area contributed by atoms with E-state index in [1.807, 2.05) is 24.3 Å². The zero-order valence-electron chi connectivity index (χ0n) is 8.58. The topological polar surface area (TPSA) is 26.0 Å². The van der Waals surface area contributed by atoms with Gasteiger partial charge in [0.15, 0.2) is 0 Å². The number of benzene rings is 2. The van der Waals surface area contributed by atoms with Crippen LogP contribution in [0.4, 0.5) is 14.5 Å². The molecule has 2 aromatic carbocycles. The van der Waals surface area contributed by atoms with Crippen LogP contribution < -0.4 is 5.73 Å². The highest BCUT2D eigenvalue weighted by atomic mass is 79.9. The normalized spacial score (nSPS) is 10.5. The third kappa shape index (κ3) is 2.79. The molecule has 5 heteroatoms. The largest absolute Gasteiger partial charge is 0.395 e. The smallest absolute Gasteiger partial charge is 0.150 e. The number of hydrogen-bond donors (Lipinski definition) is 1. The minimum atomic E-state index is -0.737. The van der Waals surface area contributed by atoms with Crippen molar-refractivity contribution in [1.29, 1.82) is 0 Å². The third-order valence-corrected chi connectivity index (χ3v) is 4.20. The van der Waals surface area contributed by atoms with Gasteiger partial charge in [0.1, 0.15) is 11.6 Å². The maximum absolute atomic E-state index is 13.3. The Morgan fingerprint density at radius 2 is 1.76 bits per heavy atom. The average molecular weight is 316 g/mol. The van der Waals surface area contributed by atoms with E-state index >= 15 is 0 Å². The van der Waals surface area contributed by atoms with Gasteiger partial charge in [-0.15, -0.1) is 0 Å². The van der Waals surface area contributed by atoms with Gasteiger partial charge in [0.2, 0.25) is 0 Å². The predicted molar refractivity (Wildman–Crippen MR) is 69.0 cm³/mol. The van der Waals surface area contributed by atoms with Gasteiger partial charge in [0, 0.05) is 20.3 Å². The van der Waals surface area contributed by atoms with Crippen molar-refractivity contribution < 1.29 is 8.78 Å². The van der Waals surface area contributed by atoms with Crippen LogP contribution in [0.3, 0.4) is 0 Å². The number of nitrogen functional groups attached to an aromatic ring is 1. The Labute approximate surface area is 110 Å². The van der Waals surface area contributed by atoms with Gasteiger partial charge in [-0.2, -0.15) is 0 Å². The summed E-state index contributed by atoms with van der Waals surface area (Å²) in [7, 11) is 0. The molecule has 0 aliphatic rings. The minimum absolute atomic E-state index is 0.0350. The molecule has 0 bridgehead atoms. The van der Waals surface area contributed by atoms with Crippen LogP contribution in [0.1, 0.15) is 0 Å². The molecular formula is C12H8BrF2NS. The van der Waals surface area contributed by atoms with E-state index in [9.17, 15) is 8.78 Å². The molecule has 17 heavy (non-hydrogen) atoms. The fraction of sp³-hybridized carbons (Fsp3) is 0. The summed E-state index contributed by atoms with van der Waals surface area (Å²) in [5, 5.41) is 0. The molecule has 0 atom stereocenters.